The number of carbonyl (C=O) groups excluding carboxylic acids is 1. The van der Waals surface area contributed by atoms with Gasteiger partial charge in [-0.05, 0) is 40.2 Å². The largest absolute Gasteiger partial charge is 0.496 e. The van der Waals surface area contributed by atoms with E-state index in [0.29, 0.717) is 15.8 Å². The van der Waals surface area contributed by atoms with Crippen LogP contribution in [0.4, 0.5) is 0 Å². The Balaban J connectivity index is 2.09. The molecule has 7 heteroatoms. The third kappa shape index (κ3) is 3.36. The lowest BCUT2D eigenvalue weighted by atomic mass is 10.2. The first-order valence-corrected chi connectivity index (χ1v) is 7.97. The highest BCUT2D eigenvalue weighted by molar-refractivity contribution is 9.10. The summed E-state index contributed by atoms with van der Waals surface area (Å²) in [6.07, 6.45) is 1.48. The third-order valence-corrected chi connectivity index (χ3v) is 4.68. The van der Waals surface area contributed by atoms with Gasteiger partial charge in [0.25, 0.3) is 5.91 Å². The quantitative estimate of drug-likeness (QED) is 0.900. The van der Waals surface area contributed by atoms with Crippen LogP contribution in [-0.4, -0.2) is 33.2 Å². The molecule has 0 aliphatic carbocycles. The number of rotatable bonds is 3. The van der Waals surface area contributed by atoms with Crippen molar-refractivity contribution < 1.29 is 17.9 Å². The summed E-state index contributed by atoms with van der Waals surface area (Å²) in [6.45, 7) is 0. The maximum absolute atomic E-state index is 12.0. The van der Waals surface area contributed by atoms with Crippen molar-refractivity contribution >= 4 is 31.7 Å². The Morgan fingerprint density at radius 2 is 2.21 bits per heavy atom. The Morgan fingerprint density at radius 1 is 1.47 bits per heavy atom. The van der Waals surface area contributed by atoms with Gasteiger partial charge in [-0.2, -0.15) is 0 Å². The number of hydrogen-bond acceptors (Lipinski definition) is 4. The van der Waals surface area contributed by atoms with Crippen LogP contribution in [0.5, 0.6) is 5.75 Å². The lowest BCUT2D eigenvalue weighted by molar-refractivity contribution is 0.0947. The van der Waals surface area contributed by atoms with Crippen molar-refractivity contribution in [1.82, 2.24) is 5.32 Å². The molecule has 0 saturated carbocycles. The van der Waals surface area contributed by atoms with Gasteiger partial charge in [-0.3, -0.25) is 4.79 Å². The van der Waals surface area contributed by atoms with Gasteiger partial charge in [-0.15, -0.1) is 0 Å². The molecule has 5 nitrogen and oxygen atoms in total. The maximum Gasteiger partial charge on any atom is 0.251 e. The van der Waals surface area contributed by atoms with Crippen LogP contribution in [0.3, 0.4) is 0 Å². The summed E-state index contributed by atoms with van der Waals surface area (Å²) in [4.78, 5) is 12.0. The van der Waals surface area contributed by atoms with Crippen LogP contribution in [0, 0.1) is 0 Å². The molecule has 0 fully saturated rings. The Kier molecular flexibility index (Phi) is 3.96. The van der Waals surface area contributed by atoms with E-state index in [9.17, 15) is 13.2 Å². The molecule has 0 radical (unpaired) electrons. The van der Waals surface area contributed by atoms with Gasteiger partial charge in [0.05, 0.1) is 23.4 Å². The highest BCUT2D eigenvalue weighted by Gasteiger charge is 2.23. The predicted octanol–water partition coefficient (Wildman–Crippen LogP) is 1.50. The molecule has 0 bridgehead atoms. The molecule has 19 heavy (non-hydrogen) atoms. The average molecular weight is 346 g/mol. The van der Waals surface area contributed by atoms with Crippen molar-refractivity contribution in [1.29, 1.82) is 0 Å². The molecule has 102 valence electrons. The van der Waals surface area contributed by atoms with Crippen LogP contribution in [0.1, 0.15) is 10.4 Å². The third-order valence-electron chi connectivity index (χ3n) is 2.66. The zero-order valence-corrected chi connectivity index (χ0v) is 12.5. The van der Waals surface area contributed by atoms with E-state index >= 15 is 0 Å². The molecule has 1 heterocycles. The summed E-state index contributed by atoms with van der Waals surface area (Å²) in [7, 11) is -1.63. The number of hydrogen-bond donors (Lipinski definition) is 1. The maximum atomic E-state index is 12.0. The van der Waals surface area contributed by atoms with E-state index in [1.807, 2.05) is 0 Å². The second-order valence-corrected chi connectivity index (χ2v) is 6.87. The molecule has 1 atom stereocenters. The van der Waals surface area contributed by atoms with Crippen LogP contribution < -0.4 is 10.1 Å². The molecule has 1 aliphatic heterocycles. The van der Waals surface area contributed by atoms with Crippen LogP contribution >= 0.6 is 15.9 Å². The minimum atomic E-state index is -3.17. The van der Waals surface area contributed by atoms with Crippen molar-refractivity contribution in [3.63, 3.8) is 0 Å². The fourth-order valence-corrected chi connectivity index (χ4v) is 3.50. The first kappa shape index (κ1) is 14.1. The molecule has 2 rings (SSSR count). The molecule has 1 unspecified atom stereocenters. The Bertz CT molecular complexity index is 639. The van der Waals surface area contributed by atoms with E-state index in [4.69, 9.17) is 4.74 Å². The summed E-state index contributed by atoms with van der Waals surface area (Å²) in [5.41, 5.74) is 0.436. The number of carbonyl (C=O) groups is 1. The molecule has 1 aliphatic rings. The topological polar surface area (TPSA) is 72.5 Å². The molecule has 1 N–H and O–H groups in total. The van der Waals surface area contributed by atoms with Gasteiger partial charge in [0.2, 0.25) is 0 Å². The fourth-order valence-electron chi connectivity index (χ4n) is 1.73. The Morgan fingerprint density at radius 3 is 2.74 bits per heavy atom. The van der Waals surface area contributed by atoms with E-state index in [0.717, 1.165) is 5.41 Å². The smallest absolute Gasteiger partial charge is 0.251 e. The highest BCUT2D eigenvalue weighted by atomic mass is 79.9. The van der Waals surface area contributed by atoms with E-state index in [1.54, 1.807) is 18.2 Å². The van der Waals surface area contributed by atoms with Crippen LogP contribution in [0.25, 0.3) is 0 Å². The van der Waals surface area contributed by atoms with E-state index in [2.05, 4.69) is 21.2 Å². The first-order chi connectivity index (χ1) is 8.91. The van der Waals surface area contributed by atoms with Crippen molar-refractivity contribution in [3.05, 3.63) is 39.7 Å². The fraction of sp³-hybridized carbons (Fsp3) is 0.250. The van der Waals surface area contributed by atoms with Crippen LogP contribution in [0.2, 0.25) is 0 Å². The normalized spacial score (nSPS) is 20.2. The number of benzene rings is 1. The predicted molar refractivity (Wildman–Crippen MR) is 74.9 cm³/mol. The van der Waals surface area contributed by atoms with Gasteiger partial charge in [0, 0.05) is 11.0 Å². The van der Waals surface area contributed by atoms with Gasteiger partial charge in [-0.25, -0.2) is 8.42 Å². The minimum Gasteiger partial charge on any atom is -0.496 e. The van der Waals surface area contributed by atoms with Gasteiger partial charge in [-0.1, -0.05) is 0 Å². The summed E-state index contributed by atoms with van der Waals surface area (Å²) >= 11 is 3.29. The second-order valence-electron chi connectivity index (χ2n) is 4.09. The molecular weight excluding hydrogens is 334 g/mol. The number of nitrogens with one attached hydrogen (secondary N) is 1. The molecule has 0 saturated heterocycles. The minimum absolute atomic E-state index is 0.0872. The molecule has 1 amide bonds. The van der Waals surface area contributed by atoms with Crippen molar-refractivity contribution in [2.45, 2.75) is 6.04 Å². The number of sulfone groups is 1. The van der Waals surface area contributed by atoms with Crippen molar-refractivity contribution in [2.24, 2.45) is 0 Å². The summed E-state index contributed by atoms with van der Waals surface area (Å²) in [6, 6.07) is 4.44. The SMILES string of the molecule is COc1ccc(C(=O)NC2C=CS(=O)(=O)C2)cc1Br. The number of ether oxygens (including phenoxy) is 1. The van der Waals surface area contributed by atoms with E-state index in [-0.39, 0.29) is 11.7 Å². The Labute approximate surface area is 119 Å². The Hall–Kier alpha value is -1.34. The van der Waals surface area contributed by atoms with E-state index < -0.39 is 15.9 Å². The van der Waals surface area contributed by atoms with Gasteiger partial charge in [0.15, 0.2) is 9.84 Å². The summed E-state index contributed by atoms with van der Waals surface area (Å²) in [5, 5.41) is 3.78. The monoisotopic (exact) mass is 345 g/mol. The second kappa shape index (κ2) is 5.34. The molecule has 1 aromatic rings. The van der Waals surface area contributed by atoms with Crippen LogP contribution in [0.15, 0.2) is 34.2 Å². The lowest BCUT2D eigenvalue weighted by Crippen LogP contribution is -2.35. The molecule has 0 aromatic heterocycles. The summed E-state index contributed by atoms with van der Waals surface area (Å²) in [5.74, 6) is 0.214. The number of amides is 1. The molecule has 0 spiro atoms. The lowest BCUT2D eigenvalue weighted by Gasteiger charge is -2.11. The molecule has 1 aromatic carbocycles. The zero-order valence-electron chi connectivity index (χ0n) is 10.1. The first-order valence-electron chi connectivity index (χ1n) is 5.46. The summed E-state index contributed by atoms with van der Waals surface area (Å²) < 4.78 is 28.2. The number of halogens is 1. The van der Waals surface area contributed by atoms with Gasteiger partial charge < -0.3 is 10.1 Å². The van der Waals surface area contributed by atoms with Gasteiger partial charge >= 0.3 is 0 Å². The van der Waals surface area contributed by atoms with Crippen LogP contribution in [-0.2, 0) is 9.84 Å². The van der Waals surface area contributed by atoms with Crippen molar-refractivity contribution in [2.75, 3.05) is 12.9 Å². The average Bonchev–Trinajstić information content (AvgIpc) is 2.68. The zero-order chi connectivity index (χ0) is 14.0. The number of methoxy groups -OCH3 is 1. The highest BCUT2D eigenvalue weighted by Crippen LogP contribution is 2.25. The van der Waals surface area contributed by atoms with Crippen molar-refractivity contribution in [3.8, 4) is 5.75 Å². The molecular formula is C12H12BrNO4S. The van der Waals surface area contributed by atoms with Gasteiger partial charge in [0.1, 0.15) is 5.75 Å². The standard InChI is InChI=1S/C12H12BrNO4S/c1-18-11-3-2-8(6-10(11)13)12(15)14-9-4-5-19(16,17)7-9/h2-6,9H,7H2,1H3,(H,14,15). The van der Waals surface area contributed by atoms with E-state index in [1.165, 1.54) is 13.2 Å².